The van der Waals surface area contributed by atoms with Crippen molar-refractivity contribution in [3.63, 3.8) is 0 Å². The number of carbonyl (C=O) groups is 1. The first kappa shape index (κ1) is 22.5. The van der Waals surface area contributed by atoms with Gasteiger partial charge in [0.05, 0.1) is 11.3 Å². The first-order chi connectivity index (χ1) is 15.3. The van der Waals surface area contributed by atoms with Gasteiger partial charge in [-0.25, -0.2) is 4.98 Å². The number of piperazine rings is 1. The van der Waals surface area contributed by atoms with E-state index in [-0.39, 0.29) is 11.7 Å². The number of amides is 1. The van der Waals surface area contributed by atoms with Crippen molar-refractivity contribution in [2.45, 2.75) is 11.3 Å². The van der Waals surface area contributed by atoms with Crippen molar-refractivity contribution in [2.75, 3.05) is 36.8 Å². The third kappa shape index (κ3) is 5.21. The van der Waals surface area contributed by atoms with Gasteiger partial charge >= 0.3 is 6.18 Å². The van der Waals surface area contributed by atoms with Gasteiger partial charge in [-0.1, -0.05) is 35.5 Å². The summed E-state index contributed by atoms with van der Waals surface area (Å²) in [5, 5.41) is 1.30. The minimum Gasteiger partial charge on any atom is -0.368 e. The largest absolute Gasteiger partial charge is 0.416 e. The van der Waals surface area contributed by atoms with Gasteiger partial charge in [0.15, 0.2) is 5.16 Å². The van der Waals surface area contributed by atoms with E-state index in [0.29, 0.717) is 42.0 Å². The monoisotopic (exact) mass is 480 g/mol. The molecule has 0 radical (unpaired) electrons. The number of aromatic nitrogens is 2. The molecule has 1 fully saturated rings. The summed E-state index contributed by atoms with van der Waals surface area (Å²) in [5.74, 6) is 0.195. The second-order valence-electron chi connectivity index (χ2n) is 7.26. The summed E-state index contributed by atoms with van der Waals surface area (Å²) < 4.78 is 40.8. The molecule has 3 aromatic rings. The molecule has 1 aliphatic heterocycles. The standard InChI is InChI=1S/C22H20ClF3N4OS/c23-17-4-2-6-19(14-17)30-8-7-27-21(30)32-15-20(31)29-11-9-28(10-12-29)18-5-1-3-16(13-18)22(24,25)26/h1-8,13-14H,9-12,15H2. The zero-order valence-corrected chi connectivity index (χ0v) is 18.5. The second-order valence-corrected chi connectivity index (χ2v) is 8.64. The van der Waals surface area contributed by atoms with Crippen molar-refractivity contribution in [1.29, 1.82) is 0 Å². The van der Waals surface area contributed by atoms with Crippen molar-refractivity contribution in [1.82, 2.24) is 14.5 Å². The van der Waals surface area contributed by atoms with E-state index in [1.807, 2.05) is 33.9 Å². The van der Waals surface area contributed by atoms with Gasteiger partial charge < -0.3 is 9.80 Å². The lowest BCUT2D eigenvalue weighted by molar-refractivity contribution is -0.137. The fourth-order valence-electron chi connectivity index (χ4n) is 3.53. The maximum Gasteiger partial charge on any atom is 0.416 e. The maximum atomic E-state index is 13.0. The van der Waals surface area contributed by atoms with Crippen molar-refractivity contribution >= 4 is 35.0 Å². The predicted octanol–water partition coefficient (Wildman–Crippen LogP) is 4.99. The molecule has 2 heterocycles. The Bertz CT molecular complexity index is 1100. The van der Waals surface area contributed by atoms with Crippen LogP contribution in [0.2, 0.25) is 5.02 Å². The number of anilines is 1. The Kier molecular flexibility index (Phi) is 6.66. The van der Waals surface area contributed by atoms with E-state index in [4.69, 9.17) is 11.6 Å². The van der Waals surface area contributed by atoms with Gasteiger partial charge in [0.1, 0.15) is 0 Å². The van der Waals surface area contributed by atoms with Gasteiger partial charge in [-0.05, 0) is 36.4 Å². The zero-order chi connectivity index (χ0) is 22.7. The van der Waals surface area contributed by atoms with Crippen LogP contribution in [0.5, 0.6) is 0 Å². The third-order valence-electron chi connectivity index (χ3n) is 5.19. The van der Waals surface area contributed by atoms with Crippen molar-refractivity contribution in [2.24, 2.45) is 0 Å². The number of hydrogen-bond acceptors (Lipinski definition) is 4. The van der Waals surface area contributed by atoms with Gasteiger partial charge in [0.2, 0.25) is 5.91 Å². The number of benzene rings is 2. The SMILES string of the molecule is O=C(CSc1nccn1-c1cccc(Cl)c1)N1CCN(c2cccc(C(F)(F)F)c2)CC1. The molecule has 0 bridgehead atoms. The van der Waals surface area contributed by atoms with Crippen LogP contribution in [0.15, 0.2) is 66.1 Å². The van der Waals surface area contributed by atoms with Crippen molar-refractivity contribution in [3.05, 3.63) is 71.5 Å². The zero-order valence-electron chi connectivity index (χ0n) is 16.9. The number of rotatable bonds is 5. The molecule has 4 rings (SSSR count). The lowest BCUT2D eigenvalue weighted by Gasteiger charge is -2.36. The summed E-state index contributed by atoms with van der Waals surface area (Å²) in [7, 11) is 0. The number of alkyl halides is 3. The molecule has 0 atom stereocenters. The Morgan fingerprint density at radius 1 is 1.03 bits per heavy atom. The molecule has 1 amide bonds. The second kappa shape index (κ2) is 9.46. The number of nitrogens with zero attached hydrogens (tertiary/aromatic N) is 4. The fourth-order valence-corrected chi connectivity index (χ4v) is 4.59. The van der Waals surface area contributed by atoms with Crippen LogP contribution in [0.4, 0.5) is 18.9 Å². The molecule has 0 saturated carbocycles. The van der Waals surface area contributed by atoms with E-state index in [9.17, 15) is 18.0 Å². The van der Waals surface area contributed by atoms with Gasteiger partial charge in [-0.3, -0.25) is 9.36 Å². The number of imidazole rings is 1. The summed E-state index contributed by atoms with van der Waals surface area (Å²) in [6.45, 7) is 1.88. The minimum atomic E-state index is -4.37. The Balaban J connectivity index is 1.33. The van der Waals surface area contributed by atoms with Crippen molar-refractivity contribution < 1.29 is 18.0 Å². The highest BCUT2D eigenvalue weighted by Gasteiger charge is 2.31. The Labute approximate surface area is 192 Å². The highest BCUT2D eigenvalue weighted by molar-refractivity contribution is 7.99. The summed E-state index contributed by atoms with van der Waals surface area (Å²) in [6.07, 6.45) is -0.893. The molecule has 0 spiro atoms. The van der Waals surface area contributed by atoms with E-state index >= 15 is 0 Å². The van der Waals surface area contributed by atoms with Gasteiger partial charge in [-0.15, -0.1) is 0 Å². The van der Waals surface area contributed by atoms with Gasteiger partial charge in [0.25, 0.3) is 0 Å². The molecule has 2 aromatic carbocycles. The van der Waals surface area contributed by atoms with E-state index in [1.165, 1.54) is 17.8 Å². The number of halogens is 4. The summed E-state index contributed by atoms with van der Waals surface area (Å²) in [5.41, 5.74) is 0.713. The highest BCUT2D eigenvalue weighted by atomic mass is 35.5. The topological polar surface area (TPSA) is 41.4 Å². The molecular formula is C22H20ClF3N4OS. The van der Waals surface area contributed by atoms with E-state index in [1.54, 1.807) is 23.2 Å². The summed E-state index contributed by atoms with van der Waals surface area (Å²) in [6, 6.07) is 12.7. The highest BCUT2D eigenvalue weighted by Crippen LogP contribution is 2.32. The van der Waals surface area contributed by atoms with Gasteiger partial charge in [0, 0.05) is 55.0 Å². The number of carbonyl (C=O) groups excluding carboxylic acids is 1. The molecule has 0 N–H and O–H groups in total. The normalized spacial score (nSPS) is 14.6. The van der Waals surface area contributed by atoms with Gasteiger partial charge in [-0.2, -0.15) is 13.2 Å². The predicted molar refractivity (Wildman–Crippen MR) is 120 cm³/mol. The molecule has 0 aliphatic carbocycles. The first-order valence-electron chi connectivity index (χ1n) is 9.93. The van der Waals surface area contributed by atoms with E-state index in [0.717, 1.165) is 17.8 Å². The smallest absolute Gasteiger partial charge is 0.368 e. The maximum absolute atomic E-state index is 13.0. The first-order valence-corrected chi connectivity index (χ1v) is 11.3. The Hall–Kier alpha value is -2.65. The van der Waals surface area contributed by atoms with Crippen LogP contribution >= 0.6 is 23.4 Å². The quantitative estimate of drug-likeness (QED) is 0.483. The molecule has 32 heavy (non-hydrogen) atoms. The lowest BCUT2D eigenvalue weighted by atomic mass is 10.1. The summed E-state index contributed by atoms with van der Waals surface area (Å²) in [4.78, 5) is 20.6. The van der Waals surface area contributed by atoms with Crippen LogP contribution in [0.1, 0.15) is 5.56 Å². The van der Waals surface area contributed by atoms with Crippen LogP contribution in [0, 0.1) is 0 Å². The van der Waals surface area contributed by atoms with Crippen LogP contribution < -0.4 is 4.90 Å². The Morgan fingerprint density at radius 2 is 1.75 bits per heavy atom. The van der Waals surface area contributed by atoms with Crippen LogP contribution in [-0.4, -0.2) is 52.3 Å². The van der Waals surface area contributed by atoms with Crippen LogP contribution in [0.25, 0.3) is 5.69 Å². The average molecular weight is 481 g/mol. The van der Waals surface area contributed by atoms with Crippen LogP contribution in [-0.2, 0) is 11.0 Å². The van der Waals surface area contributed by atoms with E-state index in [2.05, 4.69) is 4.98 Å². The molecule has 0 unspecified atom stereocenters. The molecule has 1 saturated heterocycles. The minimum absolute atomic E-state index is 0.0284. The molecule has 168 valence electrons. The van der Waals surface area contributed by atoms with Crippen LogP contribution in [0.3, 0.4) is 0 Å². The van der Waals surface area contributed by atoms with E-state index < -0.39 is 11.7 Å². The third-order valence-corrected chi connectivity index (χ3v) is 6.38. The fraction of sp³-hybridized carbons (Fsp3) is 0.273. The molecule has 10 heteroatoms. The Morgan fingerprint density at radius 3 is 2.47 bits per heavy atom. The molecule has 1 aromatic heterocycles. The summed E-state index contributed by atoms with van der Waals surface area (Å²) >= 11 is 7.41. The number of thioether (sulfide) groups is 1. The molecule has 1 aliphatic rings. The lowest BCUT2D eigenvalue weighted by Crippen LogP contribution is -2.49. The number of hydrogen-bond donors (Lipinski definition) is 0. The van der Waals surface area contributed by atoms with Crippen molar-refractivity contribution in [3.8, 4) is 5.69 Å². The average Bonchev–Trinajstić information content (AvgIpc) is 3.26. The molecule has 5 nitrogen and oxygen atoms in total. The molecular weight excluding hydrogens is 461 g/mol.